The molecule has 1 N–H and O–H groups in total. The van der Waals surface area contributed by atoms with Crippen LogP contribution in [0.25, 0.3) is 0 Å². The highest BCUT2D eigenvalue weighted by atomic mass is 16.1. The number of hydrogen-bond acceptors (Lipinski definition) is 5. The number of hydrogen-bond donors (Lipinski definition) is 1. The molecular weight excluding hydrogens is 352 g/mol. The number of terminal acetylenes is 1. The van der Waals surface area contributed by atoms with Crippen molar-refractivity contribution >= 4 is 11.7 Å². The molecule has 1 amide bonds. The number of carbonyl (C=O) groups excluding carboxylic acids is 1. The average molecular weight is 378 g/mol. The summed E-state index contributed by atoms with van der Waals surface area (Å²) in [6.45, 7) is 3.10. The molecule has 4 rings (SSSR count). The quantitative estimate of drug-likeness (QED) is 0.825. The molecule has 2 aromatic heterocycles. The number of piperidine rings is 1. The van der Waals surface area contributed by atoms with Crippen molar-refractivity contribution in [3.63, 3.8) is 0 Å². The summed E-state index contributed by atoms with van der Waals surface area (Å²) in [7, 11) is 0. The Bertz CT molecular complexity index is 866. The maximum atomic E-state index is 12.0. The van der Waals surface area contributed by atoms with Gasteiger partial charge in [0.25, 0.3) is 5.91 Å². The van der Waals surface area contributed by atoms with Gasteiger partial charge in [-0.25, -0.2) is 4.98 Å². The molecule has 0 radical (unpaired) electrons. The second-order valence-corrected chi connectivity index (χ2v) is 7.51. The third kappa shape index (κ3) is 3.86. The molecule has 1 fully saturated rings. The normalized spacial score (nSPS) is 19.4. The van der Waals surface area contributed by atoms with Crippen molar-refractivity contribution < 1.29 is 4.79 Å². The monoisotopic (exact) mass is 378 g/mol. The van der Waals surface area contributed by atoms with E-state index in [4.69, 9.17) is 6.42 Å². The van der Waals surface area contributed by atoms with Gasteiger partial charge in [-0.2, -0.15) is 0 Å². The lowest BCUT2D eigenvalue weighted by atomic mass is 9.97. The summed E-state index contributed by atoms with van der Waals surface area (Å²) in [4.78, 5) is 18.8. The van der Waals surface area contributed by atoms with Crippen LogP contribution in [0.1, 0.15) is 60.0 Å². The number of nitrogens with one attached hydrogen (secondary N) is 1. The molecule has 0 aromatic carbocycles. The summed E-state index contributed by atoms with van der Waals surface area (Å²) in [5.74, 6) is 5.75. The lowest BCUT2D eigenvalue weighted by Crippen LogP contribution is -2.36. The Balaban J connectivity index is 1.46. The molecule has 2 aromatic rings. The van der Waals surface area contributed by atoms with Crippen LogP contribution in [0.5, 0.6) is 0 Å². The van der Waals surface area contributed by atoms with Crippen molar-refractivity contribution in [3.05, 3.63) is 35.5 Å². The molecule has 4 heterocycles. The molecule has 0 unspecified atom stereocenters. The Morgan fingerprint density at radius 1 is 1.21 bits per heavy atom. The Kier molecular flexibility index (Phi) is 5.56. The first-order chi connectivity index (χ1) is 13.8. The van der Waals surface area contributed by atoms with E-state index in [0.29, 0.717) is 11.5 Å². The Morgan fingerprint density at radius 2 is 2.14 bits per heavy atom. The lowest BCUT2D eigenvalue weighted by molar-refractivity contribution is 0.0958. The van der Waals surface area contributed by atoms with E-state index in [1.807, 2.05) is 6.07 Å². The number of fused-ring (bicyclic) bond motifs is 1. The average Bonchev–Trinajstić information content (AvgIpc) is 3.00. The molecule has 2 aliphatic rings. The summed E-state index contributed by atoms with van der Waals surface area (Å²) in [5, 5.41) is 11.7. The van der Waals surface area contributed by atoms with Crippen molar-refractivity contribution in [3.8, 4) is 12.3 Å². The van der Waals surface area contributed by atoms with Crippen LogP contribution in [0.3, 0.4) is 0 Å². The van der Waals surface area contributed by atoms with Crippen LogP contribution >= 0.6 is 0 Å². The molecular formula is C21H26N6O. The third-order valence-corrected chi connectivity index (χ3v) is 5.61. The summed E-state index contributed by atoms with van der Waals surface area (Å²) in [5.41, 5.74) is 0.523. The van der Waals surface area contributed by atoms with Gasteiger partial charge in [0.05, 0.1) is 12.1 Å². The molecule has 1 saturated heterocycles. The maximum absolute atomic E-state index is 12.0. The third-order valence-electron chi connectivity index (χ3n) is 5.61. The summed E-state index contributed by atoms with van der Waals surface area (Å²) < 4.78 is 2.35. The van der Waals surface area contributed by atoms with E-state index in [0.717, 1.165) is 56.4 Å². The fourth-order valence-corrected chi connectivity index (χ4v) is 4.15. The highest BCUT2D eigenvalue weighted by Crippen LogP contribution is 2.30. The smallest absolute Gasteiger partial charge is 0.253 e. The van der Waals surface area contributed by atoms with Crippen LogP contribution in [0.15, 0.2) is 18.3 Å². The van der Waals surface area contributed by atoms with Crippen LogP contribution < -0.4 is 10.2 Å². The van der Waals surface area contributed by atoms with Crippen molar-refractivity contribution in [1.82, 2.24) is 25.1 Å². The van der Waals surface area contributed by atoms with Crippen molar-refractivity contribution in [1.29, 1.82) is 0 Å². The zero-order valence-corrected chi connectivity index (χ0v) is 16.1. The first-order valence-electron chi connectivity index (χ1n) is 10.1. The molecule has 28 heavy (non-hydrogen) atoms. The fourth-order valence-electron chi connectivity index (χ4n) is 4.15. The van der Waals surface area contributed by atoms with Gasteiger partial charge in [0.1, 0.15) is 17.5 Å². The zero-order chi connectivity index (χ0) is 19.3. The Hall–Kier alpha value is -2.88. The molecule has 0 bridgehead atoms. The van der Waals surface area contributed by atoms with Crippen molar-refractivity contribution in [2.24, 2.45) is 0 Å². The van der Waals surface area contributed by atoms with Crippen LogP contribution in [-0.2, 0) is 13.0 Å². The predicted molar refractivity (Wildman–Crippen MR) is 107 cm³/mol. The first kappa shape index (κ1) is 18.5. The number of amides is 1. The second kappa shape index (κ2) is 8.42. The van der Waals surface area contributed by atoms with Crippen molar-refractivity contribution in [2.75, 3.05) is 24.5 Å². The van der Waals surface area contributed by atoms with E-state index in [1.165, 1.54) is 19.3 Å². The van der Waals surface area contributed by atoms with Gasteiger partial charge in [0, 0.05) is 38.2 Å². The molecule has 0 spiro atoms. The van der Waals surface area contributed by atoms with E-state index in [9.17, 15) is 4.79 Å². The Morgan fingerprint density at radius 3 is 2.96 bits per heavy atom. The van der Waals surface area contributed by atoms with Gasteiger partial charge < -0.3 is 14.8 Å². The van der Waals surface area contributed by atoms with Gasteiger partial charge in [-0.05, 0) is 37.8 Å². The SMILES string of the molecule is C#CCNC(=O)c1ccc(N2CCC[C@@H](c3nnc4n3CCCCC4)C2)nc1. The van der Waals surface area contributed by atoms with Gasteiger partial charge >= 0.3 is 0 Å². The largest absolute Gasteiger partial charge is 0.356 e. The van der Waals surface area contributed by atoms with Crippen molar-refractivity contribution in [2.45, 2.75) is 51.0 Å². The number of pyridine rings is 1. The standard InChI is InChI=1S/C21H26N6O/c1-2-11-22-21(28)16-9-10-18(23-14-16)26-12-6-7-17(15-26)20-25-24-19-8-4-3-5-13-27(19)20/h1,9-10,14,17H,3-8,11-13,15H2,(H,22,28)/t17-/m1/s1. The topological polar surface area (TPSA) is 75.9 Å². The number of rotatable bonds is 4. The summed E-state index contributed by atoms with van der Waals surface area (Å²) in [6.07, 6.45) is 13.7. The molecule has 1 atom stereocenters. The van der Waals surface area contributed by atoms with E-state index in [2.05, 4.69) is 35.9 Å². The van der Waals surface area contributed by atoms with Crippen LogP contribution in [0.2, 0.25) is 0 Å². The molecule has 0 aliphatic carbocycles. The van der Waals surface area contributed by atoms with Gasteiger partial charge in [-0.3, -0.25) is 4.79 Å². The second-order valence-electron chi connectivity index (χ2n) is 7.51. The van der Waals surface area contributed by atoms with E-state index < -0.39 is 0 Å². The van der Waals surface area contributed by atoms with E-state index in [-0.39, 0.29) is 12.5 Å². The Labute approximate surface area is 165 Å². The summed E-state index contributed by atoms with van der Waals surface area (Å²) >= 11 is 0. The number of nitrogens with zero attached hydrogens (tertiary/aromatic N) is 5. The molecule has 7 nitrogen and oxygen atoms in total. The molecule has 146 valence electrons. The van der Waals surface area contributed by atoms with Gasteiger partial charge in [-0.15, -0.1) is 16.6 Å². The van der Waals surface area contributed by atoms with E-state index >= 15 is 0 Å². The van der Waals surface area contributed by atoms with Gasteiger partial charge in [0.2, 0.25) is 0 Å². The molecule has 0 saturated carbocycles. The number of aryl methyl sites for hydroxylation is 1. The minimum Gasteiger partial charge on any atom is -0.356 e. The first-order valence-corrected chi connectivity index (χ1v) is 10.1. The lowest BCUT2D eigenvalue weighted by Gasteiger charge is -2.33. The number of aromatic nitrogens is 4. The maximum Gasteiger partial charge on any atom is 0.253 e. The number of anilines is 1. The predicted octanol–water partition coefficient (Wildman–Crippen LogP) is 2.15. The van der Waals surface area contributed by atoms with Crippen LogP contribution in [0, 0.1) is 12.3 Å². The van der Waals surface area contributed by atoms with Gasteiger partial charge in [-0.1, -0.05) is 12.3 Å². The minimum absolute atomic E-state index is 0.195. The zero-order valence-electron chi connectivity index (χ0n) is 16.1. The highest BCUT2D eigenvalue weighted by molar-refractivity contribution is 5.94. The highest BCUT2D eigenvalue weighted by Gasteiger charge is 2.28. The van der Waals surface area contributed by atoms with Gasteiger partial charge in [0.15, 0.2) is 0 Å². The molecule has 7 heteroatoms. The minimum atomic E-state index is -0.195. The van der Waals surface area contributed by atoms with Crippen LogP contribution in [0.4, 0.5) is 5.82 Å². The van der Waals surface area contributed by atoms with Crippen LogP contribution in [-0.4, -0.2) is 45.3 Å². The number of carbonyl (C=O) groups is 1. The van der Waals surface area contributed by atoms with E-state index in [1.54, 1.807) is 12.3 Å². The summed E-state index contributed by atoms with van der Waals surface area (Å²) in [6, 6.07) is 3.72. The molecule has 2 aliphatic heterocycles. The fraction of sp³-hybridized carbons (Fsp3) is 0.524.